The van der Waals surface area contributed by atoms with E-state index in [9.17, 15) is 0 Å². The molecule has 2 atom stereocenters. The lowest BCUT2D eigenvalue weighted by Gasteiger charge is -2.37. The van der Waals surface area contributed by atoms with E-state index in [1.54, 1.807) is 0 Å². The van der Waals surface area contributed by atoms with Crippen molar-refractivity contribution in [1.82, 2.24) is 10.3 Å². The first-order chi connectivity index (χ1) is 9.17. The van der Waals surface area contributed by atoms with E-state index in [2.05, 4.69) is 42.7 Å². The average Bonchev–Trinajstić information content (AvgIpc) is 2.77. The van der Waals surface area contributed by atoms with Gasteiger partial charge in [-0.05, 0) is 20.4 Å². The zero-order chi connectivity index (χ0) is 13.8. The number of thiazole rings is 1. The molecule has 0 aliphatic carbocycles. The first kappa shape index (κ1) is 15.1. The minimum absolute atomic E-state index is 0.585. The molecule has 108 valence electrons. The van der Waals surface area contributed by atoms with Crippen molar-refractivity contribution in [3.8, 4) is 0 Å². The van der Waals surface area contributed by atoms with Crippen LogP contribution in [0.2, 0.25) is 0 Å². The zero-order valence-electron chi connectivity index (χ0n) is 12.4. The van der Waals surface area contributed by atoms with Crippen molar-refractivity contribution >= 4 is 28.2 Å². The maximum absolute atomic E-state index is 4.92. The van der Waals surface area contributed by atoms with Crippen molar-refractivity contribution in [2.75, 3.05) is 24.2 Å². The van der Waals surface area contributed by atoms with E-state index >= 15 is 0 Å². The predicted octanol–water partition coefficient (Wildman–Crippen LogP) is 3.15. The summed E-state index contributed by atoms with van der Waals surface area (Å²) in [6.45, 7) is 8.96. The largest absolute Gasteiger partial charge is 0.343 e. The van der Waals surface area contributed by atoms with Gasteiger partial charge >= 0.3 is 0 Å². The summed E-state index contributed by atoms with van der Waals surface area (Å²) in [7, 11) is 2.01. The molecule has 2 rings (SSSR count). The number of nitrogens with one attached hydrogen (secondary N) is 1. The highest BCUT2D eigenvalue weighted by molar-refractivity contribution is 8.00. The summed E-state index contributed by atoms with van der Waals surface area (Å²) >= 11 is 3.96. The summed E-state index contributed by atoms with van der Waals surface area (Å²) in [6, 6.07) is 0.585. The third kappa shape index (κ3) is 3.44. The number of aryl methyl sites for hydroxylation is 1. The number of aromatic nitrogens is 1. The number of thioether (sulfide) groups is 1. The van der Waals surface area contributed by atoms with Crippen molar-refractivity contribution in [1.29, 1.82) is 0 Å². The van der Waals surface area contributed by atoms with Crippen molar-refractivity contribution in [3.05, 3.63) is 10.6 Å². The number of rotatable bonds is 5. The summed E-state index contributed by atoms with van der Waals surface area (Å²) in [4.78, 5) is 8.84. The molecule has 2 heterocycles. The number of hydrogen-bond acceptors (Lipinski definition) is 5. The molecule has 0 spiro atoms. The van der Waals surface area contributed by atoms with Crippen LogP contribution in [-0.4, -0.2) is 35.6 Å². The Balaban J connectivity index is 2.21. The smallest absolute Gasteiger partial charge is 0.186 e. The van der Waals surface area contributed by atoms with Gasteiger partial charge in [-0.1, -0.05) is 20.3 Å². The molecule has 1 aliphatic rings. The molecule has 0 saturated carbocycles. The van der Waals surface area contributed by atoms with Gasteiger partial charge in [0.25, 0.3) is 0 Å². The molecule has 19 heavy (non-hydrogen) atoms. The molecule has 5 heteroatoms. The quantitative estimate of drug-likeness (QED) is 0.904. The first-order valence-electron chi connectivity index (χ1n) is 7.18. The second-order valence-electron chi connectivity index (χ2n) is 5.16. The van der Waals surface area contributed by atoms with Crippen molar-refractivity contribution in [2.45, 2.75) is 51.4 Å². The summed E-state index contributed by atoms with van der Waals surface area (Å²) in [5.41, 5.74) is 1.30. The van der Waals surface area contributed by atoms with Crippen molar-refractivity contribution < 1.29 is 0 Å². The van der Waals surface area contributed by atoms with Crippen LogP contribution in [0, 0.1) is 0 Å². The highest BCUT2D eigenvalue weighted by atomic mass is 32.2. The molecule has 0 bridgehead atoms. The van der Waals surface area contributed by atoms with Crippen molar-refractivity contribution in [3.63, 3.8) is 0 Å². The van der Waals surface area contributed by atoms with Gasteiger partial charge in [-0.15, -0.1) is 11.3 Å². The lowest BCUT2D eigenvalue weighted by atomic mass is 10.2. The Labute approximate surface area is 125 Å². The number of anilines is 1. The van der Waals surface area contributed by atoms with Crippen LogP contribution in [0.4, 0.5) is 5.13 Å². The second kappa shape index (κ2) is 6.95. The van der Waals surface area contributed by atoms with Crippen LogP contribution in [0.25, 0.3) is 0 Å². The molecule has 1 aromatic rings. The topological polar surface area (TPSA) is 28.2 Å². The van der Waals surface area contributed by atoms with Gasteiger partial charge in [-0.3, -0.25) is 0 Å². The Bertz CT molecular complexity index is 382. The fraction of sp³-hybridized carbons (Fsp3) is 0.786. The molecule has 2 unspecified atom stereocenters. The molecule has 0 amide bonds. The van der Waals surface area contributed by atoms with E-state index in [1.807, 2.05) is 18.4 Å². The summed E-state index contributed by atoms with van der Waals surface area (Å²) in [5.74, 6) is 1.22. The van der Waals surface area contributed by atoms with Crippen LogP contribution < -0.4 is 10.2 Å². The molecule has 0 radical (unpaired) electrons. The number of hydrogen-bond donors (Lipinski definition) is 1. The van der Waals surface area contributed by atoms with E-state index in [4.69, 9.17) is 4.98 Å². The maximum atomic E-state index is 4.92. The molecule has 0 aromatic carbocycles. The first-order valence-corrected chi connectivity index (χ1v) is 9.05. The third-order valence-electron chi connectivity index (χ3n) is 3.72. The fourth-order valence-corrected chi connectivity index (χ4v) is 4.76. The highest BCUT2D eigenvalue weighted by Crippen LogP contribution is 2.33. The van der Waals surface area contributed by atoms with Gasteiger partial charge < -0.3 is 10.2 Å². The van der Waals surface area contributed by atoms with Gasteiger partial charge in [-0.2, -0.15) is 11.8 Å². The fourth-order valence-electron chi connectivity index (χ4n) is 2.43. The highest BCUT2D eigenvalue weighted by Gasteiger charge is 2.28. The monoisotopic (exact) mass is 299 g/mol. The Hall–Kier alpha value is -0.260. The van der Waals surface area contributed by atoms with Crippen molar-refractivity contribution in [2.24, 2.45) is 0 Å². The van der Waals surface area contributed by atoms with E-state index in [1.165, 1.54) is 27.9 Å². The molecule has 1 aromatic heterocycles. The van der Waals surface area contributed by atoms with Gasteiger partial charge in [0.1, 0.15) is 0 Å². The van der Waals surface area contributed by atoms with E-state index in [0.29, 0.717) is 11.3 Å². The van der Waals surface area contributed by atoms with E-state index in [0.717, 1.165) is 19.5 Å². The van der Waals surface area contributed by atoms with Gasteiger partial charge in [0.2, 0.25) is 0 Å². The average molecular weight is 300 g/mol. The Morgan fingerprint density at radius 1 is 1.42 bits per heavy atom. The van der Waals surface area contributed by atoms with Crippen LogP contribution in [0.5, 0.6) is 0 Å². The molecular formula is C14H25N3S2. The minimum atomic E-state index is 0.585. The number of nitrogens with zero attached hydrogens (tertiary/aromatic N) is 2. The molecule has 3 nitrogen and oxygen atoms in total. The molecule has 1 fully saturated rings. The van der Waals surface area contributed by atoms with Crippen LogP contribution >= 0.6 is 23.1 Å². The summed E-state index contributed by atoms with van der Waals surface area (Å²) in [5, 5.41) is 5.19. The van der Waals surface area contributed by atoms with Gasteiger partial charge in [0.05, 0.1) is 5.69 Å². The van der Waals surface area contributed by atoms with E-state index in [-0.39, 0.29) is 0 Å². The molecule has 1 aliphatic heterocycles. The molecule has 1 N–H and O–H groups in total. The zero-order valence-corrected chi connectivity index (χ0v) is 14.0. The standard InChI is InChI=1S/C14H25N3S2/c1-5-6-12-13(9-15-4)19-14(16-12)17-7-8-18-11(3)10(17)2/h10-11,15H,5-9H2,1-4H3. The Kier molecular flexibility index (Phi) is 5.54. The van der Waals surface area contributed by atoms with Crippen LogP contribution in [0.15, 0.2) is 0 Å². The summed E-state index contributed by atoms with van der Waals surface area (Å²) in [6.07, 6.45) is 2.27. The predicted molar refractivity (Wildman–Crippen MR) is 87.6 cm³/mol. The van der Waals surface area contributed by atoms with Gasteiger partial charge in [0, 0.05) is 35.0 Å². The normalized spacial score (nSPS) is 23.9. The summed E-state index contributed by atoms with van der Waals surface area (Å²) < 4.78 is 0. The van der Waals surface area contributed by atoms with Gasteiger partial charge in [-0.25, -0.2) is 4.98 Å². The Morgan fingerprint density at radius 2 is 2.21 bits per heavy atom. The Morgan fingerprint density at radius 3 is 2.89 bits per heavy atom. The van der Waals surface area contributed by atoms with E-state index < -0.39 is 0 Å². The van der Waals surface area contributed by atoms with Crippen LogP contribution in [0.3, 0.4) is 0 Å². The van der Waals surface area contributed by atoms with Gasteiger partial charge in [0.15, 0.2) is 5.13 Å². The minimum Gasteiger partial charge on any atom is -0.343 e. The third-order valence-corrected chi connectivity index (χ3v) is 6.19. The molecular weight excluding hydrogens is 274 g/mol. The molecule has 1 saturated heterocycles. The second-order valence-corrected chi connectivity index (χ2v) is 7.70. The maximum Gasteiger partial charge on any atom is 0.186 e. The lowest BCUT2D eigenvalue weighted by Crippen LogP contribution is -2.44. The SMILES string of the molecule is CCCc1nc(N2CCSC(C)C2C)sc1CNC. The van der Waals surface area contributed by atoms with Crippen LogP contribution in [-0.2, 0) is 13.0 Å². The lowest BCUT2D eigenvalue weighted by molar-refractivity contribution is 0.624. The van der Waals surface area contributed by atoms with Crippen LogP contribution in [0.1, 0.15) is 37.8 Å².